The van der Waals surface area contributed by atoms with Crippen LogP contribution >= 0.6 is 0 Å². The zero-order valence-electron chi connectivity index (χ0n) is 11.2. The molecule has 18 heavy (non-hydrogen) atoms. The highest BCUT2D eigenvalue weighted by molar-refractivity contribution is 6.09. The molecule has 2 aromatic rings. The van der Waals surface area contributed by atoms with Crippen molar-refractivity contribution < 1.29 is 4.79 Å². The fraction of sp³-hybridized carbons (Fsp3) is 0.267. The first-order valence-corrected chi connectivity index (χ1v) is 5.98. The first-order valence-electron chi connectivity index (χ1n) is 5.98. The molecule has 1 aromatic carbocycles. The van der Waals surface area contributed by atoms with Gasteiger partial charge in [0.25, 0.3) is 0 Å². The summed E-state index contributed by atoms with van der Waals surface area (Å²) in [6, 6.07) is 5.39. The van der Waals surface area contributed by atoms with Crippen molar-refractivity contribution in [3.63, 3.8) is 0 Å². The summed E-state index contributed by atoms with van der Waals surface area (Å²) in [4.78, 5) is 15.6. The number of carbonyl (C=O) groups excluding carboxylic acids is 1. The number of benzene rings is 1. The van der Waals surface area contributed by atoms with Crippen LogP contribution in [0.15, 0.2) is 18.2 Å². The van der Waals surface area contributed by atoms with Gasteiger partial charge < -0.3 is 10.7 Å². The topological polar surface area (TPSA) is 58.9 Å². The van der Waals surface area contributed by atoms with Crippen LogP contribution in [-0.4, -0.2) is 10.8 Å². The molecular weight excluding hydrogens is 224 g/mol. The van der Waals surface area contributed by atoms with Crippen molar-refractivity contribution in [1.29, 1.82) is 0 Å². The average Bonchev–Trinajstić information content (AvgIpc) is 2.60. The maximum atomic E-state index is 12.4. The molecule has 3 nitrogen and oxygen atoms in total. The molecule has 2 rings (SSSR count). The Kier molecular flexibility index (Phi) is 2.99. The zero-order valence-corrected chi connectivity index (χ0v) is 11.2. The lowest BCUT2D eigenvalue weighted by molar-refractivity contribution is 0.103. The number of carbonyl (C=O) groups is 1. The van der Waals surface area contributed by atoms with Crippen LogP contribution in [0.25, 0.3) is 0 Å². The average molecular weight is 242 g/mol. The molecule has 94 valence electrons. The number of nitrogen functional groups attached to an aromatic ring is 1. The summed E-state index contributed by atoms with van der Waals surface area (Å²) in [5, 5.41) is 0. The fourth-order valence-corrected chi connectivity index (χ4v) is 2.03. The number of nitrogens with one attached hydrogen (secondary N) is 1. The Labute approximate surface area is 107 Å². The van der Waals surface area contributed by atoms with Gasteiger partial charge in [-0.1, -0.05) is 0 Å². The number of hydrogen-bond donors (Lipinski definition) is 2. The molecule has 0 unspecified atom stereocenters. The van der Waals surface area contributed by atoms with Crippen molar-refractivity contribution in [3.8, 4) is 0 Å². The number of aryl methyl sites for hydroxylation is 2. The third kappa shape index (κ3) is 1.92. The first kappa shape index (κ1) is 12.4. The summed E-state index contributed by atoms with van der Waals surface area (Å²) >= 11 is 0. The minimum Gasteiger partial charge on any atom is -0.399 e. The highest BCUT2D eigenvalue weighted by Crippen LogP contribution is 2.21. The van der Waals surface area contributed by atoms with Gasteiger partial charge in [-0.05, 0) is 62.6 Å². The molecule has 0 bridgehead atoms. The Hall–Kier alpha value is -2.03. The Balaban J connectivity index is 2.48. The van der Waals surface area contributed by atoms with Gasteiger partial charge in [0.15, 0.2) is 0 Å². The largest absolute Gasteiger partial charge is 0.399 e. The third-order valence-corrected chi connectivity index (χ3v) is 3.57. The Morgan fingerprint density at radius 1 is 1.11 bits per heavy atom. The van der Waals surface area contributed by atoms with E-state index >= 15 is 0 Å². The lowest BCUT2D eigenvalue weighted by Crippen LogP contribution is -2.05. The molecule has 0 aliphatic rings. The zero-order chi connectivity index (χ0) is 13.4. The van der Waals surface area contributed by atoms with Crippen molar-refractivity contribution in [2.24, 2.45) is 0 Å². The number of aromatic nitrogens is 1. The molecule has 0 aliphatic heterocycles. The van der Waals surface area contributed by atoms with E-state index in [9.17, 15) is 4.79 Å². The van der Waals surface area contributed by atoms with E-state index in [-0.39, 0.29) is 5.78 Å². The second-order valence-electron chi connectivity index (χ2n) is 4.78. The van der Waals surface area contributed by atoms with Gasteiger partial charge in [-0.2, -0.15) is 0 Å². The normalized spacial score (nSPS) is 10.7. The number of anilines is 1. The first-order chi connectivity index (χ1) is 8.41. The highest BCUT2D eigenvalue weighted by atomic mass is 16.1. The van der Waals surface area contributed by atoms with E-state index in [0.29, 0.717) is 16.9 Å². The number of ketones is 1. The molecular formula is C15H18N2O. The molecule has 0 radical (unpaired) electrons. The fourth-order valence-electron chi connectivity index (χ4n) is 2.03. The molecule has 0 amide bonds. The van der Waals surface area contributed by atoms with E-state index in [4.69, 9.17) is 5.73 Å². The quantitative estimate of drug-likeness (QED) is 0.628. The molecule has 0 aliphatic carbocycles. The van der Waals surface area contributed by atoms with Gasteiger partial charge in [0.1, 0.15) is 0 Å². The second kappa shape index (κ2) is 4.33. The van der Waals surface area contributed by atoms with Gasteiger partial charge in [-0.15, -0.1) is 0 Å². The van der Waals surface area contributed by atoms with Crippen LogP contribution in [0.2, 0.25) is 0 Å². The van der Waals surface area contributed by atoms with Crippen LogP contribution in [-0.2, 0) is 0 Å². The van der Waals surface area contributed by atoms with Crippen LogP contribution in [0.1, 0.15) is 38.4 Å². The van der Waals surface area contributed by atoms with Gasteiger partial charge in [0.2, 0.25) is 5.78 Å². The van der Waals surface area contributed by atoms with Gasteiger partial charge in [-0.3, -0.25) is 4.79 Å². The second-order valence-corrected chi connectivity index (χ2v) is 4.78. The number of H-pyrrole nitrogens is 1. The predicted molar refractivity (Wildman–Crippen MR) is 74.0 cm³/mol. The van der Waals surface area contributed by atoms with E-state index in [0.717, 1.165) is 22.4 Å². The summed E-state index contributed by atoms with van der Waals surface area (Å²) in [5.74, 6) is 0.0202. The van der Waals surface area contributed by atoms with Crippen LogP contribution in [0.5, 0.6) is 0 Å². The third-order valence-electron chi connectivity index (χ3n) is 3.57. The van der Waals surface area contributed by atoms with E-state index in [1.807, 2.05) is 33.8 Å². The van der Waals surface area contributed by atoms with Crippen molar-refractivity contribution in [2.45, 2.75) is 27.7 Å². The van der Waals surface area contributed by atoms with E-state index in [2.05, 4.69) is 4.98 Å². The molecule has 0 fully saturated rings. The van der Waals surface area contributed by atoms with Gasteiger partial charge in [-0.25, -0.2) is 0 Å². The molecule has 0 saturated heterocycles. The molecule has 1 heterocycles. The van der Waals surface area contributed by atoms with Crippen LogP contribution in [0.4, 0.5) is 5.69 Å². The van der Waals surface area contributed by atoms with Crippen LogP contribution < -0.4 is 5.73 Å². The summed E-state index contributed by atoms with van der Waals surface area (Å²) in [6.07, 6.45) is 0. The molecule has 0 saturated carbocycles. The van der Waals surface area contributed by atoms with Crippen LogP contribution in [0, 0.1) is 27.7 Å². The molecule has 0 spiro atoms. The van der Waals surface area contributed by atoms with Crippen molar-refractivity contribution in [3.05, 3.63) is 51.8 Å². The molecule has 1 aromatic heterocycles. The van der Waals surface area contributed by atoms with Gasteiger partial charge >= 0.3 is 0 Å². The van der Waals surface area contributed by atoms with E-state index in [1.54, 1.807) is 12.1 Å². The minimum atomic E-state index is 0.0202. The molecule has 3 N–H and O–H groups in total. The van der Waals surface area contributed by atoms with E-state index < -0.39 is 0 Å². The molecule has 0 atom stereocenters. The lowest BCUT2D eigenvalue weighted by Gasteiger charge is -2.04. The smallest absolute Gasteiger partial charge is 0.209 e. The lowest BCUT2D eigenvalue weighted by atomic mass is 10.0. The predicted octanol–water partition coefficient (Wildman–Crippen LogP) is 3.06. The van der Waals surface area contributed by atoms with Gasteiger partial charge in [0, 0.05) is 16.9 Å². The summed E-state index contributed by atoms with van der Waals surface area (Å²) in [7, 11) is 0. The maximum absolute atomic E-state index is 12.4. The monoisotopic (exact) mass is 242 g/mol. The summed E-state index contributed by atoms with van der Waals surface area (Å²) in [5.41, 5.74) is 12.0. The summed E-state index contributed by atoms with van der Waals surface area (Å²) in [6.45, 7) is 7.87. The standard InChI is InChI=1S/C15H18N2O/c1-8-7-12(5-6-13(8)16)15(18)14-10(3)9(2)11(4)17-14/h5-7,17H,16H2,1-4H3. The molecule has 3 heteroatoms. The number of rotatable bonds is 2. The van der Waals surface area contributed by atoms with E-state index in [1.165, 1.54) is 0 Å². The summed E-state index contributed by atoms with van der Waals surface area (Å²) < 4.78 is 0. The van der Waals surface area contributed by atoms with Crippen molar-refractivity contribution in [2.75, 3.05) is 5.73 Å². The van der Waals surface area contributed by atoms with Gasteiger partial charge in [0.05, 0.1) is 5.69 Å². The Bertz CT molecular complexity index is 624. The highest BCUT2D eigenvalue weighted by Gasteiger charge is 2.16. The van der Waals surface area contributed by atoms with Crippen LogP contribution in [0.3, 0.4) is 0 Å². The Morgan fingerprint density at radius 3 is 2.28 bits per heavy atom. The maximum Gasteiger partial charge on any atom is 0.209 e. The minimum absolute atomic E-state index is 0.0202. The Morgan fingerprint density at radius 2 is 1.78 bits per heavy atom. The SMILES string of the molecule is Cc1cc(C(=O)c2[nH]c(C)c(C)c2C)ccc1N. The van der Waals surface area contributed by atoms with Crippen molar-refractivity contribution >= 4 is 11.5 Å². The number of nitrogens with two attached hydrogens (primary N) is 1. The van der Waals surface area contributed by atoms with Crippen molar-refractivity contribution in [1.82, 2.24) is 4.98 Å². The number of aromatic amines is 1. The number of hydrogen-bond acceptors (Lipinski definition) is 2.